The number of benzene rings is 2. The van der Waals surface area contributed by atoms with Gasteiger partial charge in [0.05, 0.1) is 31.2 Å². The van der Waals surface area contributed by atoms with Crippen LogP contribution in [0.2, 0.25) is 0 Å². The van der Waals surface area contributed by atoms with Crippen molar-refractivity contribution in [2.45, 2.75) is 42.2 Å². The number of carbonyl (C=O) groups is 1. The van der Waals surface area contributed by atoms with Gasteiger partial charge in [-0.05, 0) is 55.2 Å². The third-order valence-electron chi connectivity index (χ3n) is 6.18. The molecule has 0 bridgehead atoms. The second-order valence-electron chi connectivity index (χ2n) is 7.96. The molecule has 9 heteroatoms. The monoisotopic (exact) mass is 473 g/mol. The van der Waals surface area contributed by atoms with Crippen LogP contribution in [0.5, 0.6) is 5.75 Å². The maximum Gasteiger partial charge on any atom is 0.225 e. The molecule has 0 spiro atoms. The van der Waals surface area contributed by atoms with Gasteiger partial charge in [0, 0.05) is 22.7 Å². The van der Waals surface area contributed by atoms with Crippen molar-refractivity contribution in [1.29, 1.82) is 0 Å². The van der Waals surface area contributed by atoms with Crippen molar-refractivity contribution in [2.75, 3.05) is 18.3 Å². The molecular formula is C23H27N3O4S2. The summed E-state index contributed by atoms with van der Waals surface area (Å²) in [5, 5.41) is 27.7. The number of thiocarbonyl (C=S) groups is 1. The van der Waals surface area contributed by atoms with Crippen molar-refractivity contribution in [1.82, 2.24) is 10.6 Å². The number of nitrogens with zero attached hydrogens (tertiary/aromatic N) is 1. The largest absolute Gasteiger partial charge is 0.496 e. The van der Waals surface area contributed by atoms with Crippen molar-refractivity contribution in [3.8, 4) is 5.75 Å². The number of rotatable bonds is 6. The Morgan fingerprint density at radius 2 is 1.97 bits per heavy atom. The van der Waals surface area contributed by atoms with E-state index in [0.717, 1.165) is 16.1 Å². The molecule has 0 aromatic heterocycles. The normalized spacial score (nSPS) is 26.9. The van der Waals surface area contributed by atoms with E-state index in [0.29, 0.717) is 17.4 Å². The van der Waals surface area contributed by atoms with Gasteiger partial charge in [-0.1, -0.05) is 18.2 Å². The van der Waals surface area contributed by atoms with Gasteiger partial charge in [-0.25, -0.2) is 0 Å². The quantitative estimate of drug-likeness (QED) is 0.374. The van der Waals surface area contributed by atoms with E-state index in [4.69, 9.17) is 17.0 Å². The molecule has 1 aliphatic carbocycles. The molecule has 4 N–H and O–H groups in total. The Kier molecular flexibility index (Phi) is 6.90. The van der Waals surface area contributed by atoms with Crippen LogP contribution in [0.25, 0.3) is 0 Å². The van der Waals surface area contributed by atoms with Gasteiger partial charge in [-0.2, -0.15) is 0 Å². The van der Waals surface area contributed by atoms with E-state index in [1.807, 2.05) is 59.7 Å². The number of hydrogen-bond acceptors (Lipinski definition) is 6. The molecule has 32 heavy (non-hydrogen) atoms. The number of amides is 1. The molecule has 7 nitrogen and oxygen atoms in total. The molecule has 170 valence electrons. The minimum atomic E-state index is -1.02. The highest BCUT2D eigenvalue weighted by Gasteiger charge is 2.53. The number of hydrogen-bond donors (Lipinski definition) is 4. The first-order valence-corrected chi connectivity index (χ1v) is 12.1. The second-order valence-corrected chi connectivity index (χ2v) is 9.23. The van der Waals surface area contributed by atoms with Crippen molar-refractivity contribution in [3.63, 3.8) is 0 Å². The molecule has 0 radical (unpaired) electrons. The van der Waals surface area contributed by atoms with E-state index in [1.54, 1.807) is 18.9 Å². The summed E-state index contributed by atoms with van der Waals surface area (Å²) in [6.07, 6.45) is 0.108. The summed E-state index contributed by atoms with van der Waals surface area (Å²) in [4.78, 5) is 16.3. The molecule has 4 rings (SSSR count). The molecule has 5 atom stereocenters. The van der Waals surface area contributed by atoms with Crippen LogP contribution >= 0.6 is 24.0 Å². The zero-order valence-electron chi connectivity index (χ0n) is 17.9. The maximum atomic E-state index is 13.3. The Morgan fingerprint density at radius 1 is 1.25 bits per heavy atom. The van der Waals surface area contributed by atoms with Gasteiger partial charge in [-0.15, -0.1) is 11.8 Å². The number of methoxy groups -OCH3 is 1. The highest BCUT2D eigenvalue weighted by Crippen LogP contribution is 2.37. The fourth-order valence-electron chi connectivity index (χ4n) is 4.55. The Hall–Kier alpha value is -2.33. The number of anilines is 1. The molecule has 2 aromatic carbocycles. The second kappa shape index (κ2) is 9.66. The van der Waals surface area contributed by atoms with E-state index in [1.165, 1.54) is 0 Å². The summed E-state index contributed by atoms with van der Waals surface area (Å²) in [6.45, 7) is 0.301. The smallest absolute Gasteiger partial charge is 0.225 e. The zero-order valence-corrected chi connectivity index (χ0v) is 19.5. The molecule has 1 saturated carbocycles. The molecule has 2 aromatic rings. The Labute approximate surface area is 197 Å². The first-order valence-electron chi connectivity index (χ1n) is 10.4. The first-order chi connectivity index (χ1) is 15.4. The molecule has 2 aliphatic rings. The van der Waals surface area contributed by atoms with Crippen LogP contribution in [-0.2, 0) is 11.3 Å². The minimum Gasteiger partial charge on any atom is -0.496 e. The summed E-state index contributed by atoms with van der Waals surface area (Å²) < 4.78 is 5.37. The Balaban J connectivity index is 1.59. The third-order valence-corrected chi connectivity index (χ3v) is 7.24. The molecule has 1 amide bonds. The average Bonchev–Trinajstić information content (AvgIpc) is 3.17. The van der Waals surface area contributed by atoms with E-state index < -0.39 is 30.2 Å². The summed E-state index contributed by atoms with van der Waals surface area (Å²) in [7, 11) is 1.59. The molecule has 0 unspecified atom stereocenters. The lowest BCUT2D eigenvalue weighted by Crippen LogP contribution is -2.60. The lowest BCUT2D eigenvalue weighted by molar-refractivity contribution is -0.131. The van der Waals surface area contributed by atoms with Crippen LogP contribution in [0, 0.1) is 5.92 Å². The van der Waals surface area contributed by atoms with Crippen molar-refractivity contribution >= 4 is 40.7 Å². The van der Waals surface area contributed by atoms with E-state index >= 15 is 0 Å². The Morgan fingerprint density at radius 3 is 2.66 bits per heavy atom. The number of para-hydroxylation sites is 1. The van der Waals surface area contributed by atoms with E-state index in [9.17, 15) is 15.0 Å². The number of ether oxygens (including phenoxy) is 1. The van der Waals surface area contributed by atoms with Crippen LogP contribution in [-0.4, -0.2) is 58.9 Å². The summed E-state index contributed by atoms with van der Waals surface area (Å²) in [5.74, 6) is -0.0700. The summed E-state index contributed by atoms with van der Waals surface area (Å²) >= 11 is 7.21. The van der Waals surface area contributed by atoms with Gasteiger partial charge < -0.3 is 30.5 Å². The highest BCUT2D eigenvalue weighted by molar-refractivity contribution is 7.98. The van der Waals surface area contributed by atoms with E-state index in [-0.39, 0.29) is 12.3 Å². The fraction of sp³-hybridized carbons (Fsp3) is 0.391. The summed E-state index contributed by atoms with van der Waals surface area (Å²) in [5.41, 5.74) is 1.71. The minimum absolute atomic E-state index is 0.143. The summed E-state index contributed by atoms with van der Waals surface area (Å²) in [6, 6.07) is 14.5. The van der Waals surface area contributed by atoms with Crippen LogP contribution in [0.1, 0.15) is 12.0 Å². The maximum absolute atomic E-state index is 13.3. The van der Waals surface area contributed by atoms with Crippen molar-refractivity contribution < 1.29 is 19.7 Å². The number of carbonyl (C=O) groups excluding carboxylic acids is 1. The molecule has 1 saturated heterocycles. The Bertz CT molecular complexity index is 987. The van der Waals surface area contributed by atoms with E-state index in [2.05, 4.69) is 10.6 Å². The molecule has 1 aliphatic heterocycles. The van der Waals surface area contributed by atoms with Gasteiger partial charge in [0.2, 0.25) is 5.91 Å². The van der Waals surface area contributed by atoms with Gasteiger partial charge in [0.25, 0.3) is 0 Å². The lowest BCUT2D eigenvalue weighted by atomic mass is 9.77. The predicted octanol–water partition coefficient (Wildman–Crippen LogP) is 1.91. The number of aliphatic hydroxyl groups is 2. The average molecular weight is 474 g/mol. The standard InChI is InChI=1S/C23H27N3O4S2/c1-30-18-6-4-3-5-13(18)12-24-22(29)16-11-17(27)21(28)19-20(16)26(23(31)25-19)14-7-9-15(32-2)10-8-14/h3-10,16-17,19-21,27-28H,11-12H2,1-2H3,(H,24,29)(H,25,31)/t16-,17+,19-,20+,21-/m0/s1. The third kappa shape index (κ3) is 4.30. The predicted molar refractivity (Wildman–Crippen MR) is 129 cm³/mol. The highest BCUT2D eigenvalue weighted by atomic mass is 32.2. The molecular weight excluding hydrogens is 446 g/mol. The van der Waals surface area contributed by atoms with Gasteiger partial charge in [0.15, 0.2) is 5.11 Å². The van der Waals surface area contributed by atoms with Gasteiger partial charge >= 0.3 is 0 Å². The fourth-order valence-corrected chi connectivity index (χ4v) is 5.32. The molecule has 2 fully saturated rings. The van der Waals surface area contributed by atoms with Gasteiger partial charge in [-0.3, -0.25) is 4.79 Å². The number of fused-ring (bicyclic) bond motifs is 1. The number of thioether (sulfide) groups is 1. The first kappa shape index (κ1) is 22.8. The van der Waals surface area contributed by atoms with Crippen molar-refractivity contribution in [2.24, 2.45) is 5.92 Å². The van der Waals surface area contributed by atoms with Gasteiger partial charge in [0.1, 0.15) is 11.9 Å². The van der Waals surface area contributed by atoms with Crippen LogP contribution in [0.15, 0.2) is 53.4 Å². The lowest BCUT2D eigenvalue weighted by Gasteiger charge is -2.41. The van der Waals surface area contributed by atoms with Crippen LogP contribution < -0.4 is 20.3 Å². The number of aliphatic hydroxyl groups excluding tert-OH is 2. The topological polar surface area (TPSA) is 94.1 Å². The molecule has 1 heterocycles. The SMILES string of the molecule is COc1ccccc1CNC(=O)[C@H]1C[C@@H](O)[C@H](O)[C@H]2NC(=S)N(c3ccc(SC)cc3)[C@@H]21. The van der Waals surface area contributed by atoms with Crippen LogP contribution in [0.3, 0.4) is 0 Å². The zero-order chi connectivity index (χ0) is 22.8. The number of nitrogens with one attached hydrogen (secondary N) is 2. The van der Waals surface area contributed by atoms with Crippen molar-refractivity contribution in [3.05, 3.63) is 54.1 Å². The van der Waals surface area contributed by atoms with Crippen LogP contribution in [0.4, 0.5) is 5.69 Å².